The van der Waals surface area contributed by atoms with Crippen molar-refractivity contribution in [3.05, 3.63) is 0 Å². The molecule has 2 heterocycles. The van der Waals surface area contributed by atoms with Gasteiger partial charge in [0.2, 0.25) is 5.91 Å². The van der Waals surface area contributed by atoms with Gasteiger partial charge < -0.3 is 14.5 Å². The number of methoxy groups -OCH3 is 1. The van der Waals surface area contributed by atoms with Crippen molar-refractivity contribution < 1.29 is 19.1 Å². The van der Waals surface area contributed by atoms with E-state index in [0.717, 1.165) is 18.6 Å². The predicted molar refractivity (Wildman–Crippen MR) is 75.4 cm³/mol. The van der Waals surface area contributed by atoms with Crippen molar-refractivity contribution in [1.29, 1.82) is 0 Å². The largest absolute Gasteiger partial charge is 0.467 e. The lowest BCUT2D eigenvalue weighted by molar-refractivity contribution is -0.154. The first-order valence-corrected chi connectivity index (χ1v) is 7.91. The number of nitrogens with zero attached hydrogens (tertiary/aromatic N) is 2. The first kappa shape index (κ1) is 15.2. The summed E-state index contributed by atoms with van der Waals surface area (Å²) >= 11 is 1.29. The number of likely N-dealkylation sites (tertiary alicyclic amines) is 1. The van der Waals surface area contributed by atoms with E-state index in [1.54, 1.807) is 9.80 Å². The predicted octanol–water partition coefficient (Wildman–Crippen LogP) is 1.10. The zero-order chi connectivity index (χ0) is 14.5. The second-order valence-corrected chi connectivity index (χ2v) is 6.02. The third-order valence-corrected chi connectivity index (χ3v) is 4.63. The molecule has 0 aromatic heterocycles. The third kappa shape index (κ3) is 3.45. The highest BCUT2D eigenvalue weighted by Gasteiger charge is 2.33. The van der Waals surface area contributed by atoms with E-state index in [2.05, 4.69) is 0 Å². The molecule has 0 aliphatic carbocycles. The number of carbonyl (C=O) groups is 3. The Bertz CT molecular complexity index is 402. The van der Waals surface area contributed by atoms with E-state index in [1.165, 1.54) is 18.9 Å². The summed E-state index contributed by atoms with van der Waals surface area (Å²) in [7, 11) is 1.35. The normalized spacial score (nSPS) is 23.1. The van der Waals surface area contributed by atoms with E-state index < -0.39 is 6.04 Å². The van der Waals surface area contributed by atoms with E-state index in [4.69, 9.17) is 4.74 Å². The molecular weight excluding hydrogens is 280 g/mol. The molecule has 0 saturated carbocycles. The van der Waals surface area contributed by atoms with Gasteiger partial charge in [-0.1, -0.05) is 11.8 Å². The van der Waals surface area contributed by atoms with Crippen molar-refractivity contribution in [2.45, 2.75) is 31.7 Å². The lowest BCUT2D eigenvalue weighted by Crippen LogP contribution is -2.49. The van der Waals surface area contributed by atoms with Gasteiger partial charge in [-0.05, 0) is 19.3 Å². The third-order valence-electron chi connectivity index (χ3n) is 3.74. The Kier molecular flexibility index (Phi) is 5.28. The summed E-state index contributed by atoms with van der Waals surface area (Å²) in [4.78, 5) is 38.8. The standard InChI is InChI=1S/C13H20N2O4S/c1-19-12(17)10-4-2-3-6-15(10)11(16)5-7-14-8-9-20-13(14)18/h10H,2-9H2,1H3. The molecule has 2 rings (SSSR count). The molecular formula is C13H20N2O4S. The van der Waals surface area contributed by atoms with Gasteiger partial charge >= 0.3 is 5.97 Å². The van der Waals surface area contributed by atoms with E-state index in [-0.39, 0.29) is 23.5 Å². The minimum absolute atomic E-state index is 0.0426. The number of piperidine rings is 1. The fraction of sp³-hybridized carbons (Fsp3) is 0.769. The van der Waals surface area contributed by atoms with Crippen molar-refractivity contribution in [2.75, 3.05) is 32.5 Å². The maximum Gasteiger partial charge on any atom is 0.328 e. The number of hydrogen-bond acceptors (Lipinski definition) is 5. The van der Waals surface area contributed by atoms with Crippen LogP contribution < -0.4 is 0 Å². The maximum atomic E-state index is 12.3. The highest BCUT2D eigenvalue weighted by atomic mass is 32.2. The quantitative estimate of drug-likeness (QED) is 0.727. The van der Waals surface area contributed by atoms with Crippen molar-refractivity contribution in [1.82, 2.24) is 9.80 Å². The van der Waals surface area contributed by atoms with Gasteiger partial charge in [-0.25, -0.2) is 4.79 Å². The summed E-state index contributed by atoms with van der Waals surface area (Å²) in [6.45, 7) is 1.74. The molecule has 1 atom stereocenters. The van der Waals surface area contributed by atoms with Gasteiger partial charge in [0.05, 0.1) is 7.11 Å². The number of hydrogen-bond donors (Lipinski definition) is 0. The van der Waals surface area contributed by atoms with Crippen molar-refractivity contribution >= 4 is 28.9 Å². The molecule has 2 saturated heterocycles. The van der Waals surface area contributed by atoms with E-state index >= 15 is 0 Å². The SMILES string of the molecule is COC(=O)C1CCCCN1C(=O)CCN1CCSC1=O. The van der Waals surface area contributed by atoms with Crippen LogP contribution in [-0.2, 0) is 14.3 Å². The van der Waals surface area contributed by atoms with Crippen LogP contribution in [0, 0.1) is 0 Å². The summed E-state index contributed by atoms with van der Waals surface area (Å²) in [6, 6.07) is -0.454. The molecule has 2 aliphatic heterocycles. The van der Waals surface area contributed by atoms with Crippen LogP contribution in [0.25, 0.3) is 0 Å². The van der Waals surface area contributed by atoms with Crippen molar-refractivity contribution in [3.8, 4) is 0 Å². The second kappa shape index (κ2) is 6.97. The van der Waals surface area contributed by atoms with Crippen LogP contribution in [0.5, 0.6) is 0 Å². The maximum absolute atomic E-state index is 12.3. The van der Waals surface area contributed by atoms with Crippen LogP contribution in [0.4, 0.5) is 4.79 Å². The minimum atomic E-state index is -0.454. The molecule has 112 valence electrons. The molecule has 1 unspecified atom stereocenters. The molecule has 0 aromatic carbocycles. The zero-order valence-corrected chi connectivity index (χ0v) is 12.5. The van der Waals surface area contributed by atoms with Crippen molar-refractivity contribution in [3.63, 3.8) is 0 Å². The summed E-state index contributed by atoms with van der Waals surface area (Å²) in [5, 5.41) is 0.0426. The highest BCUT2D eigenvalue weighted by molar-refractivity contribution is 8.13. The van der Waals surface area contributed by atoms with E-state index in [1.807, 2.05) is 0 Å². The number of ether oxygens (including phenoxy) is 1. The van der Waals surface area contributed by atoms with Crippen molar-refractivity contribution in [2.24, 2.45) is 0 Å². The molecule has 0 N–H and O–H groups in total. The number of esters is 1. The van der Waals surface area contributed by atoms with Crippen LogP contribution in [0.15, 0.2) is 0 Å². The van der Waals surface area contributed by atoms with Gasteiger partial charge in [0.25, 0.3) is 5.24 Å². The summed E-state index contributed by atoms with van der Waals surface area (Å²) in [6.07, 6.45) is 2.79. The molecule has 0 radical (unpaired) electrons. The second-order valence-electron chi connectivity index (χ2n) is 4.97. The topological polar surface area (TPSA) is 66.9 Å². The Morgan fingerprint density at radius 2 is 2.15 bits per heavy atom. The Labute approximate surface area is 122 Å². The first-order valence-electron chi connectivity index (χ1n) is 6.92. The average Bonchev–Trinajstić information content (AvgIpc) is 2.89. The molecule has 2 fully saturated rings. The van der Waals surface area contributed by atoms with Gasteiger partial charge in [0.1, 0.15) is 6.04 Å². The van der Waals surface area contributed by atoms with Gasteiger partial charge in [0.15, 0.2) is 0 Å². The van der Waals surface area contributed by atoms with Gasteiger partial charge in [-0.3, -0.25) is 9.59 Å². The van der Waals surface area contributed by atoms with Crippen LogP contribution in [0.1, 0.15) is 25.7 Å². The lowest BCUT2D eigenvalue weighted by Gasteiger charge is -2.34. The monoisotopic (exact) mass is 300 g/mol. The summed E-state index contributed by atoms with van der Waals surface area (Å²) in [5.74, 6) is 0.386. The zero-order valence-electron chi connectivity index (χ0n) is 11.7. The number of thioether (sulfide) groups is 1. The molecule has 6 nitrogen and oxygen atoms in total. The molecule has 2 aliphatic rings. The Morgan fingerprint density at radius 1 is 1.35 bits per heavy atom. The number of rotatable bonds is 4. The van der Waals surface area contributed by atoms with E-state index in [9.17, 15) is 14.4 Å². The summed E-state index contributed by atoms with van der Waals surface area (Å²) < 4.78 is 4.76. The van der Waals surface area contributed by atoms with Gasteiger partial charge in [-0.15, -0.1) is 0 Å². The molecule has 7 heteroatoms. The van der Waals surface area contributed by atoms with Crippen LogP contribution >= 0.6 is 11.8 Å². The Balaban J connectivity index is 1.89. The molecule has 20 heavy (non-hydrogen) atoms. The molecule has 0 bridgehead atoms. The lowest BCUT2D eigenvalue weighted by atomic mass is 10.0. The fourth-order valence-electron chi connectivity index (χ4n) is 2.61. The van der Waals surface area contributed by atoms with E-state index in [0.29, 0.717) is 26.1 Å². The number of amides is 2. The summed E-state index contributed by atoms with van der Waals surface area (Å²) in [5.41, 5.74) is 0. The minimum Gasteiger partial charge on any atom is -0.467 e. The van der Waals surface area contributed by atoms with Crippen LogP contribution in [0.3, 0.4) is 0 Å². The van der Waals surface area contributed by atoms with Gasteiger partial charge in [-0.2, -0.15) is 0 Å². The highest BCUT2D eigenvalue weighted by Crippen LogP contribution is 2.21. The first-order chi connectivity index (χ1) is 9.63. The Hall–Kier alpha value is -1.24. The van der Waals surface area contributed by atoms with Crippen LogP contribution in [0.2, 0.25) is 0 Å². The smallest absolute Gasteiger partial charge is 0.328 e. The van der Waals surface area contributed by atoms with Gasteiger partial charge in [0, 0.05) is 31.8 Å². The van der Waals surface area contributed by atoms with Crippen LogP contribution in [-0.4, -0.2) is 65.5 Å². The average molecular weight is 300 g/mol. The fourth-order valence-corrected chi connectivity index (χ4v) is 3.47. The number of carbonyl (C=O) groups excluding carboxylic acids is 3. The Morgan fingerprint density at radius 3 is 2.80 bits per heavy atom. The molecule has 0 spiro atoms. The molecule has 0 aromatic rings. The molecule has 2 amide bonds.